The summed E-state index contributed by atoms with van der Waals surface area (Å²) in [6.45, 7) is 6.05. The van der Waals surface area contributed by atoms with Crippen LogP contribution in [0.5, 0.6) is 11.5 Å². The molecule has 0 bridgehead atoms. The number of pyridine rings is 1. The Morgan fingerprint density at radius 2 is 1.22 bits per heavy atom. The first-order valence-electron chi connectivity index (χ1n) is 33.9. The number of hydrogen-bond acceptors (Lipinski definition) is 2. The Morgan fingerprint density at radius 3 is 1.93 bits per heavy atom. The second-order valence-corrected chi connectivity index (χ2v) is 20.7. The van der Waals surface area contributed by atoms with Crippen molar-refractivity contribution in [3.8, 4) is 84.3 Å². The van der Waals surface area contributed by atoms with Gasteiger partial charge in [-0.25, -0.2) is 4.98 Å². The molecule has 0 amide bonds. The van der Waals surface area contributed by atoms with Crippen LogP contribution in [-0.4, -0.2) is 14.1 Å². The summed E-state index contributed by atoms with van der Waals surface area (Å²) in [6.07, 6.45) is 5.28. The summed E-state index contributed by atoms with van der Waals surface area (Å²) in [5.41, 5.74) is -0.546. The van der Waals surface area contributed by atoms with Gasteiger partial charge < -0.3 is 13.9 Å². The summed E-state index contributed by atoms with van der Waals surface area (Å²) in [5.74, 6) is 1.12. The Bertz CT molecular complexity index is 5230. The van der Waals surface area contributed by atoms with Crippen molar-refractivity contribution in [1.82, 2.24) is 14.1 Å². The maximum absolute atomic E-state index is 9.99. The number of nitrogens with zero attached hydrogens (tertiary/aromatic N) is 4. The van der Waals surface area contributed by atoms with Crippen molar-refractivity contribution in [3.05, 3.63) is 235 Å². The van der Waals surface area contributed by atoms with E-state index in [0.717, 1.165) is 21.9 Å². The molecule has 0 fully saturated rings. The third kappa shape index (κ3) is 8.20. The van der Waals surface area contributed by atoms with Crippen LogP contribution in [0, 0.1) is 32.2 Å². The molecule has 0 unspecified atom stereocenters. The molecule has 13 rings (SSSR count). The summed E-state index contributed by atoms with van der Waals surface area (Å²) in [6, 6.07) is 28.4. The van der Waals surface area contributed by atoms with Gasteiger partial charge in [0.2, 0.25) is 0 Å². The van der Waals surface area contributed by atoms with E-state index in [2.05, 4.69) is 45.3 Å². The zero-order chi connectivity index (χ0) is 67.6. The van der Waals surface area contributed by atoms with Gasteiger partial charge in [-0.2, -0.15) is 18.2 Å². The Labute approximate surface area is 486 Å². The molecule has 6 heteroatoms. The van der Waals surface area contributed by atoms with Gasteiger partial charge in [-0.3, -0.25) is 4.57 Å². The fourth-order valence-electron chi connectivity index (χ4n) is 10.3. The van der Waals surface area contributed by atoms with E-state index in [1.807, 2.05) is 61.7 Å². The first kappa shape index (κ1) is 31.7. The van der Waals surface area contributed by atoms with Crippen molar-refractivity contribution in [3.63, 3.8) is 0 Å². The molecular formula is C70H56N4OPt-2. The van der Waals surface area contributed by atoms with Crippen molar-refractivity contribution in [2.24, 2.45) is 0 Å². The largest absolute Gasteiger partial charge is 0.510 e. The maximum atomic E-state index is 9.99. The van der Waals surface area contributed by atoms with Gasteiger partial charge in [0.15, 0.2) is 0 Å². The molecule has 0 aliphatic carbocycles. The minimum atomic E-state index is -2.91. The van der Waals surface area contributed by atoms with E-state index < -0.39 is 109 Å². The number of fused-ring (bicyclic) bond motifs is 10. The zero-order valence-corrected chi connectivity index (χ0v) is 44.3. The topological polar surface area (TPSA) is 35.9 Å². The van der Waals surface area contributed by atoms with Gasteiger partial charge >= 0.3 is 0 Å². The molecule has 0 saturated carbocycles. The van der Waals surface area contributed by atoms with Crippen LogP contribution < -0.4 is 9.30 Å². The number of aryl methyl sites for hydroxylation is 2. The molecule has 5 nitrogen and oxygen atoms in total. The molecule has 374 valence electrons. The number of aromatic nitrogens is 4. The van der Waals surface area contributed by atoms with Crippen LogP contribution in [0.1, 0.15) is 89.8 Å². The molecule has 12 aromatic rings. The van der Waals surface area contributed by atoms with Gasteiger partial charge in [0.05, 0.1) is 34.5 Å². The fraction of sp³-hybridized carbons (Fsp3) is 0.143. The summed E-state index contributed by atoms with van der Waals surface area (Å²) in [7, 11) is 0. The third-order valence-corrected chi connectivity index (χ3v) is 13.8. The van der Waals surface area contributed by atoms with Crippen LogP contribution in [-0.2, 0) is 31.9 Å². The second kappa shape index (κ2) is 18.6. The minimum Gasteiger partial charge on any atom is -0.510 e. The molecule has 0 spiro atoms. The van der Waals surface area contributed by atoms with Crippen LogP contribution in [0.3, 0.4) is 0 Å². The Balaban J connectivity index is 0.00000864. The molecule has 4 heterocycles. The summed E-state index contributed by atoms with van der Waals surface area (Å²) in [4.78, 5) is 4.82. The molecule has 1 aliphatic heterocycles. The maximum Gasteiger partial charge on any atom is 0.268 e. The average molecular weight is 1180 g/mol. The molecule has 0 N–H and O–H groups in total. The molecule has 9 aromatic carbocycles. The Hall–Kier alpha value is -8.11. The van der Waals surface area contributed by atoms with Crippen LogP contribution in [0.25, 0.3) is 106 Å². The molecule has 0 radical (unpaired) electrons. The molecule has 1 aliphatic rings. The van der Waals surface area contributed by atoms with E-state index in [1.165, 1.54) is 41.0 Å². The van der Waals surface area contributed by atoms with Crippen molar-refractivity contribution < 1.29 is 56.4 Å². The standard InChI is InChI=1S/C70H56N4O.Pt/c1-44-20-18-21-45(2)66(44)48-37-59-55-28-14-12-26-53(55)54-27-13-15-29-56(54)60-36-47(46-22-10-9-11-23-46)39-64-68(60)73(67(59)61(38-48)70(6,7)8)43-72(64)50-24-19-25-51(41-50)75-52-32-33-58-57-30-16-17-31-62(57)74(63(58)42-52)65-40-49(34-35-71-65)69(3,4)5;/h9-40H,1-8H3;/q-2;/i1D3,2D3,9D,10D,11D,12D,13D,14D,15D,22D,23D,26D,27D,28D,29D;. The van der Waals surface area contributed by atoms with Crippen LogP contribution in [0.15, 0.2) is 194 Å². The number of rotatable bonds is 6. The van der Waals surface area contributed by atoms with Gasteiger partial charge in [-0.15, -0.1) is 29.7 Å². The van der Waals surface area contributed by atoms with E-state index in [-0.39, 0.29) is 116 Å². The molecule has 0 saturated heterocycles. The minimum absolute atomic E-state index is 0. The number of hydrogen-bond donors (Lipinski definition) is 0. The molecule has 76 heavy (non-hydrogen) atoms. The van der Waals surface area contributed by atoms with Crippen LogP contribution in [0.2, 0.25) is 0 Å². The van der Waals surface area contributed by atoms with E-state index in [9.17, 15) is 13.7 Å². The predicted molar refractivity (Wildman–Crippen MR) is 308 cm³/mol. The number of benzene rings is 9. The number of ether oxygens (including phenoxy) is 1. The number of para-hydroxylation sites is 1. The van der Waals surface area contributed by atoms with Gasteiger partial charge in [0.1, 0.15) is 5.82 Å². The van der Waals surface area contributed by atoms with Crippen molar-refractivity contribution in [2.45, 2.75) is 66.1 Å². The van der Waals surface area contributed by atoms with E-state index in [0.29, 0.717) is 16.9 Å². The summed E-state index contributed by atoms with van der Waals surface area (Å²) in [5, 5.41) is 1.84. The molecule has 0 atom stereocenters. The summed E-state index contributed by atoms with van der Waals surface area (Å²) >= 11 is 0. The normalized spacial score (nSPS) is 16.0. The number of imidazole rings is 1. The monoisotopic (exact) mass is 1180 g/mol. The Kier molecular flexibility index (Phi) is 7.77. The zero-order valence-electron chi connectivity index (χ0n) is 61.0. The quantitative estimate of drug-likeness (QED) is 0.123. The summed E-state index contributed by atoms with van der Waals surface area (Å²) < 4.78 is 186. The second-order valence-electron chi connectivity index (χ2n) is 20.7. The van der Waals surface area contributed by atoms with Gasteiger partial charge in [-0.1, -0.05) is 174 Å². The van der Waals surface area contributed by atoms with Gasteiger partial charge in [0, 0.05) is 52.5 Å². The van der Waals surface area contributed by atoms with Crippen molar-refractivity contribution >= 4 is 32.8 Å². The SMILES string of the molecule is [2H]c1c([2H])c([2H])c(-c2cc3c4c(c2)n(-c2[c-]c(Oc5[c-]c6c(cc5)c5ccccc5n6-c5cc(C(C)(C)C)ccn5)ccc2)[c-][n+]4-c2c(cc(-c4c(C([2H])([2H])[2H])cccc4C([2H])([2H])[2H])cc2C(C)(C)C)-c2c([2H])c([2H])c([2H])c([2H])c2-c2c([2H])c([2H])c([2H])c([2H])c2-3)c([2H])c1[2H].[Pt]. The van der Waals surface area contributed by atoms with Gasteiger partial charge in [-0.05, 0) is 144 Å². The smallest absolute Gasteiger partial charge is 0.268 e. The fourth-order valence-corrected chi connectivity index (χ4v) is 10.3. The molecule has 3 aromatic heterocycles. The molecular weight excluding hydrogens is 1110 g/mol. The first-order chi connectivity index (χ1) is 44.1. The van der Waals surface area contributed by atoms with E-state index in [4.69, 9.17) is 22.1 Å². The van der Waals surface area contributed by atoms with Crippen molar-refractivity contribution in [1.29, 1.82) is 0 Å². The first-order valence-corrected chi connectivity index (χ1v) is 24.4. The van der Waals surface area contributed by atoms with E-state index in [1.54, 1.807) is 41.1 Å². The van der Waals surface area contributed by atoms with Gasteiger partial charge in [0.25, 0.3) is 6.33 Å². The average Bonchev–Trinajstić information content (AvgIpc) is 1.61. The van der Waals surface area contributed by atoms with E-state index >= 15 is 0 Å². The predicted octanol–water partition coefficient (Wildman–Crippen LogP) is 17.4. The Morgan fingerprint density at radius 1 is 0.566 bits per heavy atom. The van der Waals surface area contributed by atoms with Crippen LogP contribution in [0.4, 0.5) is 0 Å². The van der Waals surface area contributed by atoms with Crippen LogP contribution >= 0.6 is 0 Å². The third-order valence-electron chi connectivity index (χ3n) is 13.8. The van der Waals surface area contributed by atoms with Crippen molar-refractivity contribution in [2.75, 3.05) is 0 Å².